The van der Waals surface area contributed by atoms with E-state index in [-0.39, 0.29) is 0 Å². The van der Waals surface area contributed by atoms with Crippen LogP contribution in [0, 0.1) is 10.8 Å². The summed E-state index contributed by atoms with van der Waals surface area (Å²) in [5.41, 5.74) is 0. The van der Waals surface area contributed by atoms with Gasteiger partial charge in [-0.1, -0.05) is 6.42 Å². The van der Waals surface area contributed by atoms with Crippen LogP contribution in [-0.4, -0.2) is 17.9 Å². The fourth-order valence-corrected chi connectivity index (χ4v) is 0.946. The minimum absolute atomic E-state index is 0.464. The van der Waals surface area contributed by atoms with Gasteiger partial charge in [0.25, 0.3) is 0 Å². The summed E-state index contributed by atoms with van der Waals surface area (Å²) in [5.74, 6) is 0.464. The SMILES string of the molecule is N=C=O.N=C=O.O=C1CCCCC1. The van der Waals surface area contributed by atoms with Gasteiger partial charge in [-0.3, -0.25) is 4.79 Å². The van der Waals surface area contributed by atoms with E-state index < -0.39 is 0 Å². The Kier molecular flexibility index (Phi) is 14.0. The molecule has 1 aliphatic rings. The molecule has 0 bridgehead atoms. The fourth-order valence-electron chi connectivity index (χ4n) is 0.946. The van der Waals surface area contributed by atoms with Crippen molar-refractivity contribution in [2.75, 3.05) is 0 Å². The highest BCUT2D eigenvalue weighted by atomic mass is 16.1. The standard InChI is InChI=1S/C6H10O.2CHNO/c7-6-4-2-1-3-5-6;2*2-1-3/h1-5H2;2*2H. The van der Waals surface area contributed by atoms with E-state index in [0.29, 0.717) is 5.78 Å². The van der Waals surface area contributed by atoms with E-state index in [1.54, 1.807) is 0 Å². The Labute approximate surface area is 76.2 Å². The first-order valence-corrected chi connectivity index (χ1v) is 3.82. The first-order chi connectivity index (χ1) is 6.22. The molecule has 5 heteroatoms. The van der Waals surface area contributed by atoms with Crippen LogP contribution in [-0.2, 0) is 14.4 Å². The van der Waals surface area contributed by atoms with E-state index in [4.69, 9.17) is 20.4 Å². The van der Waals surface area contributed by atoms with Crippen molar-refractivity contribution >= 4 is 17.9 Å². The lowest BCUT2D eigenvalue weighted by molar-refractivity contribution is -0.120. The molecule has 1 aliphatic carbocycles. The van der Waals surface area contributed by atoms with Crippen LogP contribution in [0.2, 0.25) is 0 Å². The third-order valence-corrected chi connectivity index (χ3v) is 1.41. The van der Waals surface area contributed by atoms with Crippen LogP contribution in [0.1, 0.15) is 32.1 Å². The maximum atomic E-state index is 10.5. The summed E-state index contributed by atoms with van der Waals surface area (Å²) in [6.07, 6.45) is 6.74. The smallest absolute Gasteiger partial charge is 0.231 e. The number of hydrogen-bond acceptors (Lipinski definition) is 5. The molecule has 0 aromatic rings. The molecule has 0 aromatic heterocycles. The Hall–Kier alpha value is -1.57. The van der Waals surface area contributed by atoms with Crippen molar-refractivity contribution in [2.45, 2.75) is 32.1 Å². The molecule has 0 aromatic carbocycles. The zero-order valence-corrected chi connectivity index (χ0v) is 7.26. The summed E-state index contributed by atoms with van der Waals surface area (Å²) >= 11 is 0. The highest BCUT2D eigenvalue weighted by Crippen LogP contribution is 2.12. The number of carbonyl (C=O) groups excluding carboxylic acids is 3. The number of carbonyl (C=O) groups is 1. The van der Waals surface area contributed by atoms with Gasteiger partial charge < -0.3 is 0 Å². The van der Waals surface area contributed by atoms with E-state index in [1.807, 2.05) is 0 Å². The van der Waals surface area contributed by atoms with Crippen molar-refractivity contribution in [3.8, 4) is 0 Å². The van der Waals surface area contributed by atoms with Crippen molar-refractivity contribution in [3.05, 3.63) is 0 Å². The summed E-state index contributed by atoms with van der Waals surface area (Å²) in [6, 6.07) is 0. The summed E-state index contributed by atoms with van der Waals surface area (Å²) in [6.45, 7) is 0. The van der Waals surface area contributed by atoms with Crippen LogP contribution in [0.5, 0.6) is 0 Å². The predicted molar refractivity (Wildman–Crippen MR) is 44.9 cm³/mol. The molecule has 0 heterocycles. The van der Waals surface area contributed by atoms with E-state index in [1.165, 1.54) is 6.42 Å². The number of nitrogens with one attached hydrogen (secondary N) is 2. The number of ketones is 1. The first kappa shape index (κ1) is 14.0. The Morgan fingerprint density at radius 3 is 1.38 bits per heavy atom. The lowest BCUT2D eigenvalue weighted by atomic mass is 10.00. The van der Waals surface area contributed by atoms with Gasteiger partial charge in [-0.15, -0.1) is 0 Å². The van der Waals surface area contributed by atoms with Crippen LogP contribution in [0.4, 0.5) is 0 Å². The maximum absolute atomic E-state index is 10.5. The normalized spacial score (nSPS) is 13.4. The molecule has 0 unspecified atom stereocenters. The zero-order valence-electron chi connectivity index (χ0n) is 7.26. The van der Waals surface area contributed by atoms with Crippen LogP contribution in [0.25, 0.3) is 0 Å². The average molecular weight is 184 g/mol. The molecule has 0 radical (unpaired) electrons. The average Bonchev–Trinajstić information content (AvgIpc) is 2.08. The lowest BCUT2D eigenvalue weighted by Crippen LogP contribution is -2.02. The lowest BCUT2D eigenvalue weighted by Gasteiger charge is -2.05. The second-order valence-corrected chi connectivity index (χ2v) is 2.30. The quantitative estimate of drug-likeness (QED) is 0.438. The highest BCUT2D eigenvalue weighted by Gasteiger charge is 2.05. The van der Waals surface area contributed by atoms with Crippen molar-refractivity contribution in [3.63, 3.8) is 0 Å². The fraction of sp³-hybridized carbons (Fsp3) is 0.625. The first-order valence-electron chi connectivity index (χ1n) is 3.82. The van der Waals surface area contributed by atoms with Crippen molar-refractivity contribution in [2.24, 2.45) is 0 Å². The minimum atomic E-state index is 0.464. The van der Waals surface area contributed by atoms with Crippen LogP contribution >= 0.6 is 0 Å². The van der Waals surface area contributed by atoms with E-state index in [2.05, 4.69) is 0 Å². The molecule has 0 saturated heterocycles. The van der Waals surface area contributed by atoms with Gasteiger partial charge in [-0.25, -0.2) is 20.4 Å². The summed E-state index contributed by atoms with van der Waals surface area (Å²) in [4.78, 5) is 27.2. The van der Waals surface area contributed by atoms with Crippen molar-refractivity contribution < 1.29 is 14.4 Å². The van der Waals surface area contributed by atoms with Crippen molar-refractivity contribution in [1.29, 1.82) is 10.8 Å². The number of Topliss-reactive ketones (excluding diaryl/α,β-unsaturated/α-hetero) is 1. The van der Waals surface area contributed by atoms with E-state index in [9.17, 15) is 4.79 Å². The van der Waals surface area contributed by atoms with Gasteiger partial charge in [0, 0.05) is 12.8 Å². The number of isocyanates is 2. The van der Waals surface area contributed by atoms with Gasteiger partial charge >= 0.3 is 0 Å². The minimum Gasteiger partial charge on any atom is -0.300 e. The van der Waals surface area contributed by atoms with E-state index in [0.717, 1.165) is 37.8 Å². The van der Waals surface area contributed by atoms with E-state index >= 15 is 0 Å². The molecular weight excluding hydrogens is 172 g/mol. The van der Waals surface area contributed by atoms with Gasteiger partial charge in [-0.2, -0.15) is 0 Å². The largest absolute Gasteiger partial charge is 0.300 e. The monoisotopic (exact) mass is 184 g/mol. The molecule has 0 atom stereocenters. The van der Waals surface area contributed by atoms with Crippen LogP contribution < -0.4 is 0 Å². The molecular formula is C8H12N2O3. The summed E-state index contributed by atoms with van der Waals surface area (Å²) < 4.78 is 0. The van der Waals surface area contributed by atoms with Gasteiger partial charge in [0.05, 0.1) is 0 Å². The molecule has 0 amide bonds. The Morgan fingerprint density at radius 2 is 1.23 bits per heavy atom. The topological polar surface area (TPSA) is 98.9 Å². The molecule has 1 fully saturated rings. The van der Waals surface area contributed by atoms with Crippen LogP contribution in [0.3, 0.4) is 0 Å². The summed E-state index contributed by atoms with van der Waals surface area (Å²) in [5, 5.41) is 10.8. The molecule has 5 nitrogen and oxygen atoms in total. The zero-order chi connectivity index (χ0) is 10.5. The van der Waals surface area contributed by atoms with Gasteiger partial charge in [0.2, 0.25) is 12.2 Å². The predicted octanol–water partition coefficient (Wildman–Crippen LogP) is 1.32. The molecule has 2 N–H and O–H groups in total. The second-order valence-electron chi connectivity index (χ2n) is 2.30. The second kappa shape index (κ2) is 13.1. The van der Waals surface area contributed by atoms with Gasteiger partial charge in [0.1, 0.15) is 5.78 Å². The molecule has 1 saturated carbocycles. The Bertz CT molecular complexity index is 181. The van der Waals surface area contributed by atoms with Gasteiger partial charge in [-0.05, 0) is 12.8 Å². The third-order valence-electron chi connectivity index (χ3n) is 1.41. The third kappa shape index (κ3) is 17.9. The highest BCUT2D eigenvalue weighted by molar-refractivity contribution is 5.78. The molecule has 13 heavy (non-hydrogen) atoms. The number of rotatable bonds is 0. The molecule has 72 valence electrons. The van der Waals surface area contributed by atoms with Crippen LogP contribution in [0.15, 0.2) is 0 Å². The number of hydrogen-bond donors (Lipinski definition) is 2. The molecule has 0 aliphatic heterocycles. The molecule has 1 rings (SSSR count). The Morgan fingerprint density at radius 1 is 0.923 bits per heavy atom. The van der Waals surface area contributed by atoms with Gasteiger partial charge in [0.15, 0.2) is 0 Å². The summed E-state index contributed by atoms with van der Waals surface area (Å²) in [7, 11) is 0. The molecule has 0 spiro atoms. The Balaban J connectivity index is 0. The maximum Gasteiger partial charge on any atom is 0.231 e. The van der Waals surface area contributed by atoms with Crippen molar-refractivity contribution in [1.82, 2.24) is 0 Å².